The Hall–Kier alpha value is -2.79. The SMILES string of the molecule is Cc1nc(CCNc2ncc(C(=O)Nc3c(C)cccc3Cl)s2)cc(N2CCN(CCO)CC2)n1. The van der Waals surface area contributed by atoms with Gasteiger partial charge in [-0.05, 0) is 25.5 Å². The average Bonchev–Trinajstić information content (AvgIpc) is 3.31. The predicted molar refractivity (Wildman–Crippen MR) is 141 cm³/mol. The number of amides is 1. The van der Waals surface area contributed by atoms with Crippen LogP contribution in [0.1, 0.15) is 26.8 Å². The van der Waals surface area contributed by atoms with Crippen LogP contribution in [0.15, 0.2) is 30.5 Å². The number of benzene rings is 1. The highest BCUT2D eigenvalue weighted by Crippen LogP contribution is 2.27. The van der Waals surface area contributed by atoms with Crippen LogP contribution in [0.3, 0.4) is 0 Å². The third-order valence-electron chi connectivity index (χ3n) is 5.84. The topological polar surface area (TPSA) is 107 Å². The summed E-state index contributed by atoms with van der Waals surface area (Å²) in [6.45, 7) is 8.94. The Kier molecular flexibility index (Phi) is 8.50. The highest BCUT2D eigenvalue weighted by atomic mass is 35.5. The maximum atomic E-state index is 12.6. The van der Waals surface area contributed by atoms with Gasteiger partial charge in [-0.15, -0.1) is 0 Å². The van der Waals surface area contributed by atoms with Gasteiger partial charge in [0.2, 0.25) is 0 Å². The lowest BCUT2D eigenvalue weighted by atomic mass is 10.2. The number of aliphatic hydroxyl groups excluding tert-OH is 1. The lowest BCUT2D eigenvalue weighted by Gasteiger charge is -2.35. The Bertz CT molecular complexity index is 1140. The minimum Gasteiger partial charge on any atom is -0.395 e. The number of piperazine rings is 1. The molecule has 0 aliphatic carbocycles. The second-order valence-corrected chi connectivity index (χ2v) is 9.85. The Morgan fingerprint density at radius 3 is 2.74 bits per heavy atom. The van der Waals surface area contributed by atoms with Crippen molar-refractivity contribution in [2.24, 2.45) is 0 Å². The molecule has 1 aromatic carbocycles. The molecule has 186 valence electrons. The molecule has 9 nitrogen and oxygen atoms in total. The summed E-state index contributed by atoms with van der Waals surface area (Å²) in [5.41, 5.74) is 2.48. The number of aromatic nitrogens is 3. The van der Waals surface area contributed by atoms with Gasteiger partial charge >= 0.3 is 0 Å². The van der Waals surface area contributed by atoms with Gasteiger partial charge in [-0.2, -0.15) is 0 Å². The Morgan fingerprint density at radius 2 is 2.00 bits per heavy atom. The van der Waals surface area contributed by atoms with Crippen molar-refractivity contribution >= 4 is 45.5 Å². The number of thiazole rings is 1. The summed E-state index contributed by atoms with van der Waals surface area (Å²) in [7, 11) is 0. The third kappa shape index (κ3) is 6.66. The van der Waals surface area contributed by atoms with E-state index in [1.807, 2.05) is 32.0 Å². The van der Waals surface area contributed by atoms with E-state index in [4.69, 9.17) is 16.7 Å². The fourth-order valence-corrected chi connectivity index (χ4v) is 4.97. The van der Waals surface area contributed by atoms with Gasteiger partial charge in [0, 0.05) is 57.4 Å². The van der Waals surface area contributed by atoms with Gasteiger partial charge in [0.1, 0.15) is 16.5 Å². The monoisotopic (exact) mass is 515 g/mol. The fourth-order valence-electron chi connectivity index (χ4n) is 3.97. The normalized spacial score (nSPS) is 14.2. The van der Waals surface area contributed by atoms with Gasteiger partial charge in [-0.25, -0.2) is 15.0 Å². The van der Waals surface area contributed by atoms with Crippen LogP contribution in [0.25, 0.3) is 0 Å². The molecular formula is C24H30ClN7O2S. The second kappa shape index (κ2) is 11.8. The zero-order valence-electron chi connectivity index (χ0n) is 19.9. The molecule has 35 heavy (non-hydrogen) atoms. The highest BCUT2D eigenvalue weighted by Gasteiger charge is 2.19. The van der Waals surface area contributed by atoms with Gasteiger partial charge in [0.15, 0.2) is 5.13 Å². The van der Waals surface area contributed by atoms with Gasteiger partial charge in [0.05, 0.1) is 23.5 Å². The fraction of sp³-hybridized carbons (Fsp3) is 0.417. The van der Waals surface area contributed by atoms with E-state index in [-0.39, 0.29) is 12.5 Å². The number of rotatable bonds is 9. The van der Waals surface area contributed by atoms with Crippen molar-refractivity contribution in [2.75, 3.05) is 61.4 Å². The average molecular weight is 516 g/mol. The zero-order valence-corrected chi connectivity index (χ0v) is 21.5. The van der Waals surface area contributed by atoms with E-state index in [9.17, 15) is 4.79 Å². The van der Waals surface area contributed by atoms with Crippen molar-refractivity contribution < 1.29 is 9.90 Å². The van der Waals surface area contributed by atoms with E-state index >= 15 is 0 Å². The molecule has 1 fully saturated rings. The molecule has 4 rings (SSSR count). The van der Waals surface area contributed by atoms with Crippen LogP contribution >= 0.6 is 22.9 Å². The second-order valence-electron chi connectivity index (χ2n) is 8.41. The number of carbonyl (C=O) groups is 1. The molecule has 1 aliphatic rings. The number of anilines is 3. The number of para-hydroxylation sites is 1. The van der Waals surface area contributed by atoms with Gasteiger partial charge in [-0.1, -0.05) is 35.1 Å². The third-order valence-corrected chi connectivity index (χ3v) is 7.11. The number of hydrogen-bond acceptors (Lipinski definition) is 9. The van der Waals surface area contributed by atoms with Gasteiger partial charge < -0.3 is 20.6 Å². The number of hydrogen-bond donors (Lipinski definition) is 3. The number of carbonyl (C=O) groups excluding carboxylic acids is 1. The molecule has 0 radical (unpaired) electrons. The van der Waals surface area contributed by atoms with Crippen LogP contribution in [0.2, 0.25) is 5.02 Å². The standard InChI is InChI=1S/C24H30ClN7O2S/c1-16-4-3-5-19(25)22(16)30-23(34)20-15-27-24(35-20)26-7-6-18-14-21(29-17(2)28-18)32-10-8-31(9-11-32)12-13-33/h3-5,14-15,33H,6-13H2,1-2H3,(H,26,27)(H,30,34). The number of nitrogens with zero attached hydrogens (tertiary/aromatic N) is 5. The summed E-state index contributed by atoms with van der Waals surface area (Å²) in [5.74, 6) is 1.46. The molecule has 0 unspecified atom stereocenters. The van der Waals surface area contributed by atoms with Crippen molar-refractivity contribution in [3.8, 4) is 0 Å². The number of β-amino-alcohol motifs (C(OH)–C–C–N with tert-alkyl or cyclic N) is 1. The largest absolute Gasteiger partial charge is 0.395 e. The molecule has 3 heterocycles. The number of aryl methyl sites for hydroxylation is 2. The first-order chi connectivity index (χ1) is 16.9. The predicted octanol–water partition coefficient (Wildman–Crippen LogP) is 3.22. The van der Waals surface area contributed by atoms with Crippen molar-refractivity contribution in [1.29, 1.82) is 0 Å². The first-order valence-corrected chi connectivity index (χ1v) is 12.8. The smallest absolute Gasteiger partial charge is 0.267 e. The molecule has 1 amide bonds. The van der Waals surface area contributed by atoms with Crippen LogP contribution in [-0.2, 0) is 6.42 Å². The summed E-state index contributed by atoms with van der Waals surface area (Å²) in [6, 6.07) is 7.55. The summed E-state index contributed by atoms with van der Waals surface area (Å²) >= 11 is 7.52. The zero-order chi connectivity index (χ0) is 24.8. The van der Waals surface area contributed by atoms with Gasteiger partial charge in [-0.3, -0.25) is 9.69 Å². The number of halogens is 1. The highest BCUT2D eigenvalue weighted by molar-refractivity contribution is 7.17. The molecule has 11 heteroatoms. The Morgan fingerprint density at radius 1 is 1.20 bits per heavy atom. The number of aliphatic hydroxyl groups is 1. The summed E-state index contributed by atoms with van der Waals surface area (Å²) in [6.07, 6.45) is 2.28. The molecule has 1 saturated heterocycles. The lowest BCUT2D eigenvalue weighted by Crippen LogP contribution is -2.47. The quantitative estimate of drug-likeness (QED) is 0.399. The Labute approximate surface area is 214 Å². The number of nitrogens with one attached hydrogen (secondary N) is 2. The van der Waals surface area contributed by atoms with Crippen molar-refractivity contribution in [1.82, 2.24) is 19.9 Å². The molecular weight excluding hydrogens is 486 g/mol. The van der Waals surface area contributed by atoms with Crippen LogP contribution in [0.5, 0.6) is 0 Å². The summed E-state index contributed by atoms with van der Waals surface area (Å²) < 4.78 is 0. The van der Waals surface area contributed by atoms with Crippen molar-refractivity contribution in [2.45, 2.75) is 20.3 Å². The first kappa shape index (κ1) is 25.3. The molecule has 3 N–H and O–H groups in total. The molecule has 0 bridgehead atoms. The van der Waals surface area contributed by atoms with Crippen LogP contribution in [0, 0.1) is 13.8 Å². The molecule has 0 spiro atoms. The van der Waals surface area contributed by atoms with Crippen LogP contribution in [-0.4, -0.2) is 76.7 Å². The van der Waals surface area contributed by atoms with E-state index in [1.165, 1.54) is 11.3 Å². The minimum atomic E-state index is -0.234. The minimum absolute atomic E-state index is 0.191. The van der Waals surface area contributed by atoms with E-state index in [0.717, 1.165) is 49.1 Å². The molecule has 1 aliphatic heterocycles. The van der Waals surface area contributed by atoms with Crippen LogP contribution < -0.4 is 15.5 Å². The maximum absolute atomic E-state index is 12.6. The summed E-state index contributed by atoms with van der Waals surface area (Å²) in [5, 5.41) is 16.5. The van der Waals surface area contributed by atoms with Gasteiger partial charge in [0.25, 0.3) is 5.91 Å². The van der Waals surface area contributed by atoms with E-state index in [2.05, 4.69) is 35.4 Å². The van der Waals surface area contributed by atoms with E-state index < -0.39 is 0 Å². The summed E-state index contributed by atoms with van der Waals surface area (Å²) in [4.78, 5) is 31.2. The molecule has 2 aromatic heterocycles. The molecule has 0 saturated carbocycles. The van der Waals surface area contributed by atoms with E-state index in [1.54, 1.807) is 12.3 Å². The van der Waals surface area contributed by atoms with Crippen molar-refractivity contribution in [3.63, 3.8) is 0 Å². The Balaban J connectivity index is 1.31. The van der Waals surface area contributed by atoms with Crippen LogP contribution in [0.4, 0.5) is 16.6 Å². The molecule has 3 aromatic rings. The maximum Gasteiger partial charge on any atom is 0.267 e. The lowest BCUT2D eigenvalue weighted by molar-refractivity contribution is 0.103. The molecule has 0 atom stereocenters. The first-order valence-electron chi connectivity index (χ1n) is 11.6. The van der Waals surface area contributed by atoms with Crippen molar-refractivity contribution in [3.05, 3.63) is 57.4 Å². The van der Waals surface area contributed by atoms with E-state index in [0.29, 0.717) is 40.2 Å².